The van der Waals surface area contributed by atoms with Crippen LogP contribution < -0.4 is 10.9 Å². The highest BCUT2D eigenvalue weighted by atomic mass is 32.1. The normalized spacial score (nSPS) is 10.6. The van der Waals surface area contributed by atoms with Crippen molar-refractivity contribution in [1.82, 2.24) is 15.3 Å². The Morgan fingerprint density at radius 1 is 1.29 bits per heavy atom. The molecule has 0 saturated carbocycles. The fraction of sp³-hybridized carbons (Fsp3) is 0.118. The van der Waals surface area contributed by atoms with Crippen LogP contribution in [-0.4, -0.2) is 15.9 Å². The largest absolute Gasteiger partial charge is 0.347 e. The molecule has 0 aliphatic rings. The number of rotatable bonds is 4. The van der Waals surface area contributed by atoms with E-state index in [0.29, 0.717) is 5.82 Å². The van der Waals surface area contributed by atoms with E-state index in [1.165, 1.54) is 23.5 Å². The summed E-state index contributed by atoms with van der Waals surface area (Å²) in [4.78, 5) is 32.2. The third-order valence-corrected chi connectivity index (χ3v) is 4.36. The van der Waals surface area contributed by atoms with E-state index in [0.717, 1.165) is 10.4 Å². The fourth-order valence-corrected chi connectivity index (χ4v) is 2.82. The molecule has 24 heavy (non-hydrogen) atoms. The average Bonchev–Trinajstić information content (AvgIpc) is 3.11. The number of aromatic amines is 1. The number of hydrogen-bond donors (Lipinski definition) is 2. The van der Waals surface area contributed by atoms with Crippen LogP contribution in [0, 0.1) is 12.7 Å². The number of aromatic nitrogens is 2. The summed E-state index contributed by atoms with van der Waals surface area (Å²) in [6.07, 6.45) is 0. The molecule has 0 spiro atoms. The second-order valence-corrected chi connectivity index (χ2v) is 6.12. The molecule has 0 fully saturated rings. The van der Waals surface area contributed by atoms with Crippen LogP contribution in [0.5, 0.6) is 0 Å². The van der Waals surface area contributed by atoms with Crippen molar-refractivity contribution < 1.29 is 9.18 Å². The monoisotopic (exact) mass is 343 g/mol. The molecule has 2 heterocycles. The molecule has 3 aromatic rings. The number of carbonyl (C=O) groups is 1. The first-order valence-electron chi connectivity index (χ1n) is 7.22. The zero-order valence-electron chi connectivity index (χ0n) is 12.8. The number of halogens is 1. The lowest BCUT2D eigenvalue weighted by atomic mass is 10.2. The summed E-state index contributed by atoms with van der Waals surface area (Å²) in [6.45, 7) is 1.78. The van der Waals surface area contributed by atoms with E-state index in [4.69, 9.17) is 0 Å². The minimum atomic E-state index is -0.444. The molecule has 0 saturated heterocycles. The van der Waals surface area contributed by atoms with Crippen LogP contribution in [0.15, 0.2) is 46.6 Å². The molecule has 122 valence electrons. The summed E-state index contributed by atoms with van der Waals surface area (Å²) in [5.41, 5.74) is 0.752. The second-order valence-electron chi connectivity index (χ2n) is 5.17. The van der Waals surface area contributed by atoms with Crippen molar-refractivity contribution in [2.45, 2.75) is 13.5 Å². The van der Waals surface area contributed by atoms with Crippen molar-refractivity contribution in [3.05, 3.63) is 74.8 Å². The van der Waals surface area contributed by atoms with Gasteiger partial charge in [0, 0.05) is 12.1 Å². The molecule has 1 amide bonds. The zero-order valence-corrected chi connectivity index (χ0v) is 13.6. The van der Waals surface area contributed by atoms with Gasteiger partial charge < -0.3 is 10.3 Å². The number of benzene rings is 1. The Kier molecular flexibility index (Phi) is 4.52. The second kappa shape index (κ2) is 6.76. The molecule has 0 aliphatic carbocycles. The van der Waals surface area contributed by atoms with Crippen LogP contribution >= 0.6 is 11.3 Å². The number of nitrogens with one attached hydrogen (secondary N) is 2. The molecule has 0 bridgehead atoms. The number of amides is 1. The Bertz CT molecular complexity index is 918. The van der Waals surface area contributed by atoms with E-state index in [1.54, 1.807) is 19.1 Å². The molecule has 2 N–H and O–H groups in total. The summed E-state index contributed by atoms with van der Waals surface area (Å²) < 4.78 is 12.9. The number of thiophene rings is 1. The maximum atomic E-state index is 12.9. The van der Waals surface area contributed by atoms with E-state index in [9.17, 15) is 14.0 Å². The van der Waals surface area contributed by atoms with E-state index < -0.39 is 5.91 Å². The average molecular weight is 343 g/mol. The maximum Gasteiger partial charge on any atom is 0.270 e. The molecule has 7 heteroatoms. The van der Waals surface area contributed by atoms with Gasteiger partial charge in [0.25, 0.3) is 11.5 Å². The van der Waals surface area contributed by atoms with Gasteiger partial charge in [-0.1, -0.05) is 18.2 Å². The van der Waals surface area contributed by atoms with Gasteiger partial charge in [0.2, 0.25) is 0 Å². The lowest BCUT2D eigenvalue weighted by molar-refractivity contribution is 0.0945. The van der Waals surface area contributed by atoms with Crippen LogP contribution in [0.2, 0.25) is 0 Å². The van der Waals surface area contributed by atoms with Gasteiger partial charge in [-0.25, -0.2) is 9.37 Å². The molecule has 1 aromatic carbocycles. The third-order valence-electron chi connectivity index (χ3n) is 3.49. The predicted octanol–water partition coefficient (Wildman–Crippen LogP) is 2.88. The summed E-state index contributed by atoms with van der Waals surface area (Å²) in [6, 6.07) is 9.49. The number of hydrogen-bond acceptors (Lipinski definition) is 4. The molecule has 0 radical (unpaired) electrons. The van der Waals surface area contributed by atoms with Crippen LogP contribution in [0.25, 0.3) is 10.7 Å². The van der Waals surface area contributed by atoms with Gasteiger partial charge in [-0.3, -0.25) is 9.59 Å². The van der Waals surface area contributed by atoms with Crippen LogP contribution in [0.1, 0.15) is 21.6 Å². The SMILES string of the molecule is Cc1c(C(=O)NCc2ccc(F)cc2)nc(-c2cccs2)[nH]c1=O. The number of H-pyrrole nitrogens is 1. The summed E-state index contributed by atoms with van der Waals surface area (Å²) in [5, 5.41) is 4.57. The lowest BCUT2D eigenvalue weighted by Crippen LogP contribution is -2.28. The Morgan fingerprint density at radius 3 is 2.71 bits per heavy atom. The Morgan fingerprint density at radius 2 is 2.04 bits per heavy atom. The van der Waals surface area contributed by atoms with Gasteiger partial charge in [-0.2, -0.15) is 0 Å². The molecular formula is C17H14FN3O2S. The lowest BCUT2D eigenvalue weighted by Gasteiger charge is -2.08. The van der Waals surface area contributed by atoms with Gasteiger partial charge in [-0.15, -0.1) is 11.3 Å². The van der Waals surface area contributed by atoms with E-state index in [-0.39, 0.29) is 29.2 Å². The van der Waals surface area contributed by atoms with Crippen molar-refractivity contribution in [2.24, 2.45) is 0 Å². The molecule has 2 aromatic heterocycles. The summed E-state index contributed by atoms with van der Waals surface area (Å²) >= 11 is 1.42. The van der Waals surface area contributed by atoms with E-state index in [1.807, 2.05) is 17.5 Å². The minimum absolute atomic E-state index is 0.0873. The number of carbonyl (C=O) groups excluding carboxylic acids is 1. The Balaban J connectivity index is 1.83. The van der Waals surface area contributed by atoms with Gasteiger partial charge in [0.05, 0.1) is 4.88 Å². The van der Waals surface area contributed by atoms with Gasteiger partial charge in [-0.05, 0) is 36.1 Å². The molecule has 0 atom stereocenters. The Hall–Kier alpha value is -2.80. The molecular weight excluding hydrogens is 329 g/mol. The quantitative estimate of drug-likeness (QED) is 0.765. The first kappa shape index (κ1) is 16.1. The number of nitrogens with zero attached hydrogens (tertiary/aromatic N) is 1. The van der Waals surface area contributed by atoms with Crippen LogP contribution in [0.4, 0.5) is 4.39 Å². The topological polar surface area (TPSA) is 74.8 Å². The van der Waals surface area contributed by atoms with E-state index >= 15 is 0 Å². The summed E-state index contributed by atoms with van der Waals surface area (Å²) in [7, 11) is 0. The minimum Gasteiger partial charge on any atom is -0.347 e. The molecule has 0 unspecified atom stereocenters. The third kappa shape index (κ3) is 3.41. The first-order chi connectivity index (χ1) is 11.5. The molecule has 0 aliphatic heterocycles. The molecule has 5 nitrogen and oxygen atoms in total. The van der Waals surface area contributed by atoms with Gasteiger partial charge in [0.1, 0.15) is 11.5 Å². The zero-order chi connectivity index (χ0) is 17.1. The highest BCUT2D eigenvalue weighted by Crippen LogP contribution is 2.20. The highest BCUT2D eigenvalue weighted by Gasteiger charge is 2.16. The van der Waals surface area contributed by atoms with Crippen molar-refractivity contribution in [1.29, 1.82) is 0 Å². The maximum absolute atomic E-state index is 12.9. The van der Waals surface area contributed by atoms with Gasteiger partial charge >= 0.3 is 0 Å². The molecule has 3 rings (SSSR count). The van der Waals surface area contributed by atoms with Crippen molar-refractivity contribution in [2.75, 3.05) is 0 Å². The Labute approximate surface area is 141 Å². The highest BCUT2D eigenvalue weighted by molar-refractivity contribution is 7.13. The van der Waals surface area contributed by atoms with E-state index in [2.05, 4.69) is 15.3 Å². The standard InChI is InChI=1S/C17H14FN3O2S/c1-10-14(17(23)19-9-11-4-6-12(18)7-5-11)20-15(21-16(10)22)13-3-2-8-24-13/h2-8H,9H2,1H3,(H,19,23)(H,20,21,22). The van der Waals surface area contributed by atoms with Crippen molar-refractivity contribution >= 4 is 17.2 Å². The summed E-state index contributed by atoms with van der Waals surface area (Å²) in [5.74, 6) is -0.411. The fourth-order valence-electron chi connectivity index (χ4n) is 2.15. The predicted molar refractivity (Wildman–Crippen MR) is 90.5 cm³/mol. The smallest absolute Gasteiger partial charge is 0.270 e. The van der Waals surface area contributed by atoms with Crippen LogP contribution in [0.3, 0.4) is 0 Å². The van der Waals surface area contributed by atoms with Gasteiger partial charge in [0.15, 0.2) is 5.82 Å². The van der Waals surface area contributed by atoms with Crippen LogP contribution in [-0.2, 0) is 6.54 Å². The first-order valence-corrected chi connectivity index (χ1v) is 8.10. The van der Waals surface area contributed by atoms with Crippen molar-refractivity contribution in [3.63, 3.8) is 0 Å². The van der Waals surface area contributed by atoms with Crippen molar-refractivity contribution in [3.8, 4) is 10.7 Å².